The number of carbonyl (C=O) groups excluding carboxylic acids is 1. The lowest BCUT2D eigenvalue weighted by molar-refractivity contribution is -0.143. The fourth-order valence-corrected chi connectivity index (χ4v) is 3.81. The summed E-state index contributed by atoms with van der Waals surface area (Å²) >= 11 is 0. The zero-order valence-corrected chi connectivity index (χ0v) is 11.7. The van der Waals surface area contributed by atoms with Gasteiger partial charge in [0.2, 0.25) is 5.91 Å². The van der Waals surface area contributed by atoms with Crippen LogP contribution in [0.5, 0.6) is 0 Å². The van der Waals surface area contributed by atoms with Crippen LogP contribution in [0.15, 0.2) is 0 Å². The summed E-state index contributed by atoms with van der Waals surface area (Å²) in [6.07, 6.45) is 9.68. The second-order valence-electron chi connectivity index (χ2n) is 6.00. The van der Waals surface area contributed by atoms with Crippen molar-refractivity contribution in [2.45, 2.75) is 70.8 Å². The average molecular weight is 253 g/mol. The summed E-state index contributed by atoms with van der Waals surface area (Å²) < 4.78 is 0. The number of aliphatic hydroxyl groups excluding tert-OH is 1. The predicted octanol–water partition coefficient (Wildman–Crippen LogP) is 2.72. The fraction of sp³-hybridized carbons (Fsp3) is 0.933. The first-order valence-electron chi connectivity index (χ1n) is 7.65. The van der Waals surface area contributed by atoms with Crippen molar-refractivity contribution in [3.8, 4) is 0 Å². The number of hydrogen-bond donors (Lipinski definition) is 1. The number of amides is 1. The van der Waals surface area contributed by atoms with Crippen molar-refractivity contribution < 1.29 is 9.90 Å². The number of hydrogen-bond acceptors (Lipinski definition) is 2. The minimum atomic E-state index is -0.0399. The summed E-state index contributed by atoms with van der Waals surface area (Å²) in [5.41, 5.74) is -0.0399. The molecular formula is C15H27NO2. The molecule has 0 aromatic carbocycles. The van der Waals surface area contributed by atoms with Gasteiger partial charge in [-0.25, -0.2) is 0 Å². The van der Waals surface area contributed by atoms with Gasteiger partial charge in [-0.05, 0) is 44.9 Å². The molecule has 1 aliphatic heterocycles. The van der Waals surface area contributed by atoms with E-state index in [1.54, 1.807) is 0 Å². The Labute approximate surface area is 111 Å². The third kappa shape index (κ3) is 2.56. The van der Waals surface area contributed by atoms with Gasteiger partial charge in [-0.3, -0.25) is 4.79 Å². The SMILES string of the molecule is CCC1(C(=O)N2CCCC2CCCO)CCCC1. The summed E-state index contributed by atoms with van der Waals surface area (Å²) in [5, 5.41) is 8.96. The van der Waals surface area contributed by atoms with E-state index in [1.807, 2.05) is 0 Å². The van der Waals surface area contributed by atoms with Gasteiger partial charge >= 0.3 is 0 Å². The van der Waals surface area contributed by atoms with Gasteiger partial charge in [-0.1, -0.05) is 19.8 Å². The molecular weight excluding hydrogens is 226 g/mol. The van der Waals surface area contributed by atoms with Crippen LogP contribution in [-0.4, -0.2) is 35.1 Å². The predicted molar refractivity (Wildman–Crippen MR) is 72.2 cm³/mol. The summed E-state index contributed by atoms with van der Waals surface area (Å²) in [7, 11) is 0. The lowest BCUT2D eigenvalue weighted by Gasteiger charge is -2.35. The maximum Gasteiger partial charge on any atom is 0.229 e. The van der Waals surface area contributed by atoms with Crippen LogP contribution >= 0.6 is 0 Å². The van der Waals surface area contributed by atoms with E-state index in [2.05, 4.69) is 11.8 Å². The van der Waals surface area contributed by atoms with E-state index < -0.39 is 0 Å². The van der Waals surface area contributed by atoms with Crippen LogP contribution in [0.4, 0.5) is 0 Å². The van der Waals surface area contributed by atoms with E-state index in [9.17, 15) is 4.79 Å². The van der Waals surface area contributed by atoms with Crippen LogP contribution in [0.3, 0.4) is 0 Å². The molecule has 18 heavy (non-hydrogen) atoms. The molecule has 2 fully saturated rings. The van der Waals surface area contributed by atoms with Crippen LogP contribution in [0.25, 0.3) is 0 Å². The first kappa shape index (κ1) is 13.9. The number of nitrogens with zero attached hydrogens (tertiary/aromatic N) is 1. The van der Waals surface area contributed by atoms with Gasteiger partial charge < -0.3 is 10.0 Å². The molecule has 104 valence electrons. The zero-order chi connectivity index (χ0) is 13.0. The topological polar surface area (TPSA) is 40.5 Å². The quantitative estimate of drug-likeness (QED) is 0.818. The molecule has 0 aromatic heterocycles. The van der Waals surface area contributed by atoms with Gasteiger partial charge in [0.25, 0.3) is 0 Å². The third-order valence-corrected chi connectivity index (χ3v) is 5.02. The highest BCUT2D eigenvalue weighted by atomic mass is 16.3. The molecule has 0 aromatic rings. The van der Waals surface area contributed by atoms with Gasteiger partial charge in [0, 0.05) is 24.6 Å². The Balaban J connectivity index is 2.02. The van der Waals surface area contributed by atoms with E-state index in [-0.39, 0.29) is 12.0 Å². The Morgan fingerprint density at radius 3 is 2.67 bits per heavy atom. The van der Waals surface area contributed by atoms with Crippen LogP contribution in [0.1, 0.15) is 64.7 Å². The molecule has 3 nitrogen and oxygen atoms in total. The summed E-state index contributed by atoms with van der Waals surface area (Å²) in [6, 6.07) is 0.397. The van der Waals surface area contributed by atoms with Gasteiger partial charge in [-0.15, -0.1) is 0 Å². The van der Waals surface area contributed by atoms with E-state index >= 15 is 0 Å². The Bertz CT molecular complexity index is 284. The number of likely N-dealkylation sites (tertiary alicyclic amines) is 1. The summed E-state index contributed by atoms with van der Waals surface area (Å²) in [4.78, 5) is 15.0. The van der Waals surface area contributed by atoms with Crippen LogP contribution < -0.4 is 0 Å². The Morgan fingerprint density at radius 2 is 2.06 bits per heavy atom. The van der Waals surface area contributed by atoms with Crippen LogP contribution in [0, 0.1) is 5.41 Å². The maximum atomic E-state index is 12.8. The molecule has 1 saturated carbocycles. The smallest absolute Gasteiger partial charge is 0.229 e. The molecule has 2 aliphatic rings. The second kappa shape index (κ2) is 6.05. The fourth-order valence-electron chi connectivity index (χ4n) is 3.81. The van der Waals surface area contributed by atoms with Crippen molar-refractivity contribution in [2.24, 2.45) is 5.41 Å². The summed E-state index contributed by atoms with van der Waals surface area (Å²) in [5.74, 6) is 0.419. The lowest BCUT2D eigenvalue weighted by atomic mass is 9.81. The van der Waals surface area contributed by atoms with Crippen molar-refractivity contribution in [3.05, 3.63) is 0 Å². The monoisotopic (exact) mass is 253 g/mol. The van der Waals surface area contributed by atoms with Crippen molar-refractivity contribution in [2.75, 3.05) is 13.2 Å². The van der Waals surface area contributed by atoms with E-state index in [1.165, 1.54) is 12.8 Å². The third-order valence-electron chi connectivity index (χ3n) is 5.02. The molecule has 1 aliphatic carbocycles. The average Bonchev–Trinajstić information content (AvgIpc) is 3.05. The zero-order valence-electron chi connectivity index (χ0n) is 11.7. The van der Waals surface area contributed by atoms with Crippen molar-refractivity contribution in [1.82, 2.24) is 4.90 Å². The van der Waals surface area contributed by atoms with Crippen molar-refractivity contribution >= 4 is 5.91 Å². The molecule has 1 atom stereocenters. The van der Waals surface area contributed by atoms with Gasteiger partial charge in [-0.2, -0.15) is 0 Å². The molecule has 3 heteroatoms. The maximum absolute atomic E-state index is 12.8. The molecule has 1 unspecified atom stereocenters. The number of carbonyl (C=O) groups is 1. The molecule has 1 saturated heterocycles. The molecule has 2 rings (SSSR count). The van der Waals surface area contributed by atoms with E-state index in [4.69, 9.17) is 5.11 Å². The van der Waals surface area contributed by atoms with Crippen molar-refractivity contribution in [3.63, 3.8) is 0 Å². The van der Waals surface area contributed by atoms with Gasteiger partial charge in [0.05, 0.1) is 0 Å². The number of aliphatic hydroxyl groups is 1. The first-order valence-corrected chi connectivity index (χ1v) is 7.65. The molecule has 0 radical (unpaired) electrons. The molecule has 1 heterocycles. The Hall–Kier alpha value is -0.570. The first-order chi connectivity index (χ1) is 8.73. The minimum Gasteiger partial charge on any atom is -0.396 e. The van der Waals surface area contributed by atoms with Crippen molar-refractivity contribution in [1.29, 1.82) is 0 Å². The van der Waals surface area contributed by atoms with Gasteiger partial charge in [0.15, 0.2) is 0 Å². The summed E-state index contributed by atoms with van der Waals surface area (Å²) in [6.45, 7) is 3.36. The van der Waals surface area contributed by atoms with E-state index in [0.717, 1.165) is 51.5 Å². The number of rotatable bonds is 5. The highest BCUT2D eigenvalue weighted by molar-refractivity contribution is 5.83. The Kier molecular flexibility index (Phi) is 4.66. The van der Waals surface area contributed by atoms with Crippen LogP contribution in [-0.2, 0) is 4.79 Å². The van der Waals surface area contributed by atoms with Gasteiger partial charge in [0.1, 0.15) is 0 Å². The molecule has 1 amide bonds. The van der Waals surface area contributed by atoms with Crippen LogP contribution in [0.2, 0.25) is 0 Å². The normalized spacial score (nSPS) is 26.8. The Morgan fingerprint density at radius 1 is 1.33 bits per heavy atom. The van der Waals surface area contributed by atoms with E-state index in [0.29, 0.717) is 11.9 Å². The highest BCUT2D eigenvalue weighted by Gasteiger charge is 2.44. The molecule has 0 spiro atoms. The molecule has 1 N–H and O–H groups in total. The largest absolute Gasteiger partial charge is 0.396 e. The highest BCUT2D eigenvalue weighted by Crippen LogP contribution is 2.43. The second-order valence-corrected chi connectivity index (χ2v) is 6.00. The molecule has 0 bridgehead atoms. The standard InChI is InChI=1S/C15H27NO2/c1-2-15(9-3-4-10-15)14(18)16-11-5-7-13(16)8-6-12-17/h13,17H,2-12H2,1H3. The minimum absolute atomic E-state index is 0.0399. The lowest BCUT2D eigenvalue weighted by Crippen LogP contribution is -2.45.